The Morgan fingerprint density at radius 3 is 2.70 bits per heavy atom. The highest BCUT2D eigenvalue weighted by Gasteiger charge is 2.35. The van der Waals surface area contributed by atoms with Gasteiger partial charge in [-0.15, -0.1) is 0 Å². The normalized spacial score (nSPS) is 18.8. The largest absolute Gasteiger partial charge is 0.481 e. The molecule has 23 heavy (non-hydrogen) atoms. The second-order valence-electron chi connectivity index (χ2n) is 6.48. The average Bonchev–Trinajstić information content (AvgIpc) is 3.32. The molecule has 1 unspecified atom stereocenters. The zero-order valence-corrected chi connectivity index (χ0v) is 13.3. The molecule has 1 aromatic heterocycles. The molecule has 6 heteroatoms. The molecule has 1 amide bonds. The number of carboxylic acid groups (broad SMARTS) is 1. The molecule has 2 aliphatic carbocycles. The predicted molar refractivity (Wildman–Crippen MR) is 83.4 cm³/mol. The fourth-order valence-electron chi connectivity index (χ4n) is 2.59. The van der Waals surface area contributed by atoms with Gasteiger partial charge in [-0.2, -0.15) is 0 Å². The number of aliphatic carboxylic acids is 1. The van der Waals surface area contributed by atoms with Gasteiger partial charge in [-0.3, -0.25) is 9.59 Å². The van der Waals surface area contributed by atoms with Gasteiger partial charge in [-0.1, -0.05) is 6.92 Å². The summed E-state index contributed by atoms with van der Waals surface area (Å²) < 4.78 is 5.74. The van der Waals surface area contributed by atoms with Gasteiger partial charge in [0.1, 0.15) is 6.10 Å². The molecule has 0 aromatic carbocycles. The van der Waals surface area contributed by atoms with Crippen molar-refractivity contribution < 1.29 is 19.4 Å². The molecule has 3 rings (SSSR count). The Bertz CT molecular complexity index is 596. The molecule has 2 fully saturated rings. The predicted octanol–water partition coefficient (Wildman–Crippen LogP) is 2.34. The van der Waals surface area contributed by atoms with Gasteiger partial charge >= 0.3 is 5.97 Å². The van der Waals surface area contributed by atoms with Crippen LogP contribution in [0.5, 0.6) is 5.88 Å². The number of carbonyl (C=O) groups is 2. The fourth-order valence-corrected chi connectivity index (χ4v) is 2.59. The lowest BCUT2D eigenvalue weighted by Crippen LogP contribution is -2.38. The molecule has 0 spiro atoms. The molecule has 0 saturated heterocycles. The second kappa shape index (κ2) is 6.56. The summed E-state index contributed by atoms with van der Waals surface area (Å²) in [4.78, 5) is 29.7. The standard InChI is InChI=1S/C17H22N2O4/c1-11(17(21)22)10-19(13-5-6-13)16(20)12-7-8-18-15(9-12)23-14-3-2-4-14/h7-9,11,13-14H,2-6,10H2,1H3,(H,21,22). The number of aromatic nitrogens is 1. The van der Waals surface area contributed by atoms with E-state index in [1.165, 1.54) is 6.42 Å². The zero-order valence-electron chi connectivity index (χ0n) is 13.3. The molecule has 124 valence electrons. The summed E-state index contributed by atoms with van der Waals surface area (Å²) >= 11 is 0. The van der Waals surface area contributed by atoms with Crippen molar-refractivity contribution in [1.82, 2.24) is 9.88 Å². The first-order valence-corrected chi connectivity index (χ1v) is 8.21. The highest BCUT2D eigenvalue weighted by molar-refractivity contribution is 5.95. The number of nitrogens with zero attached hydrogens (tertiary/aromatic N) is 2. The minimum atomic E-state index is -0.882. The summed E-state index contributed by atoms with van der Waals surface area (Å²) in [7, 11) is 0. The van der Waals surface area contributed by atoms with Crippen molar-refractivity contribution in [3.8, 4) is 5.88 Å². The summed E-state index contributed by atoms with van der Waals surface area (Å²) in [5, 5.41) is 9.09. The Morgan fingerprint density at radius 1 is 1.39 bits per heavy atom. The zero-order chi connectivity index (χ0) is 16.4. The van der Waals surface area contributed by atoms with Gasteiger partial charge < -0.3 is 14.7 Å². The van der Waals surface area contributed by atoms with Crippen molar-refractivity contribution in [3.05, 3.63) is 23.9 Å². The van der Waals surface area contributed by atoms with Gasteiger partial charge in [-0.25, -0.2) is 4.98 Å². The topological polar surface area (TPSA) is 79.7 Å². The Hall–Kier alpha value is -2.11. The lowest BCUT2D eigenvalue weighted by molar-refractivity contribution is -0.141. The van der Waals surface area contributed by atoms with Gasteiger partial charge in [-0.05, 0) is 38.2 Å². The van der Waals surface area contributed by atoms with E-state index in [-0.39, 0.29) is 24.6 Å². The van der Waals surface area contributed by atoms with Gasteiger partial charge in [0.05, 0.1) is 5.92 Å². The van der Waals surface area contributed by atoms with Crippen LogP contribution in [0.4, 0.5) is 0 Å². The van der Waals surface area contributed by atoms with Crippen LogP contribution in [0.3, 0.4) is 0 Å². The second-order valence-corrected chi connectivity index (χ2v) is 6.48. The molecule has 0 radical (unpaired) electrons. The Labute approximate surface area is 135 Å². The first-order valence-electron chi connectivity index (χ1n) is 8.21. The van der Waals surface area contributed by atoms with E-state index in [9.17, 15) is 9.59 Å². The van der Waals surface area contributed by atoms with Crippen LogP contribution in [-0.4, -0.2) is 45.6 Å². The third kappa shape index (κ3) is 3.81. The van der Waals surface area contributed by atoms with Crippen LogP contribution in [0, 0.1) is 5.92 Å². The lowest BCUT2D eigenvalue weighted by atomic mass is 9.96. The van der Waals surface area contributed by atoms with Crippen LogP contribution >= 0.6 is 0 Å². The highest BCUT2D eigenvalue weighted by Crippen LogP contribution is 2.30. The molecular formula is C17H22N2O4. The first-order chi connectivity index (χ1) is 11.0. The Morgan fingerprint density at radius 2 is 2.13 bits per heavy atom. The van der Waals surface area contributed by atoms with Crippen molar-refractivity contribution in [2.45, 2.75) is 51.2 Å². The molecule has 0 aliphatic heterocycles. The highest BCUT2D eigenvalue weighted by atomic mass is 16.5. The monoisotopic (exact) mass is 318 g/mol. The number of hydrogen-bond acceptors (Lipinski definition) is 4. The molecule has 1 aromatic rings. The van der Waals surface area contributed by atoms with Crippen LogP contribution in [0.15, 0.2) is 18.3 Å². The first kappa shape index (κ1) is 15.8. The maximum atomic E-state index is 12.8. The molecule has 1 atom stereocenters. The summed E-state index contributed by atoms with van der Waals surface area (Å²) in [5.41, 5.74) is 0.513. The average molecular weight is 318 g/mol. The van der Waals surface area contributed by atoms with E-state index >= 15 is 0 Å². The van der Waals surface area contributed by atoms with Crippen molar-refractivity contribution in [3.63, 3.8) is 0 Å². The van der Waals surface area contributed by atoms with E-state index in [4.69, 9.17) is 9.84 Å². The molecule has 6 nitrogen and oxygen atoms in total. The summed E-state index contributed by atoms with van der Waals surface area (Å²) in [6.45, 7) is 1.86. The maximum absolute atomic E-state index is 12.8. The van der Waals surface area contributed by atoms with Crippen molar-refractivity contribution >= 4 is 11.9 Å². The van der Waals surface area contributed by atoms with Gasteiger partial charge in [0.25, 0.3) is 5.91 Å². The van der Waals surface area contributed by atoms with Crippen LogP contribution in [0.1, 0.15) is 49.4 Å². The minimum absolute atomic E-state index is 0.138. The van der Waals surface area contributed by atoms with Gasteiger partial charge in [0, 0.05) is 30.4 Å². The van der Waals surface area contributed by atoms with Gasteiger partial charge in [0.2, 0.25) is 5.88 Å². The Kier molecular flexibility index (Phi) is 4.50. The van der Waals surface area contributed by atoms with Crippen LogP contribution < -0.4 is 4.74 Å². The fraction of sp³-hybridized carbons (Fsp3) is 0.588. The minimum Gasteiger partial charge on any atom is -0.481 e. The van der Waals surface area contributed by atoms with E-state index in [0.717, 1.165) is 25.7 Å². The number of rotatable bonds is 7. The molecule has 0 bridgehead atoms. The lowest BCUT2D eigenvalue weighted by Gasteiger charge is -2.26. The Balaban J connectivity index is 1.71. The van der Waals surface area contributed by atoms with Crippen molar-refractivity contribution in [2.75, 3.05) is 6.54 Å². The van der Waals surface area contributed by atoms with E-state index in [0.29, 0.717) is 11.4 Å². The van der Waals surface area contributed by atoms with Gasteiger partial charge in [0.15, 0.2) is 0 Å². The van der Waals surface area contributed by atoms with E-state index < -0.39 is 11.9 Å². The van der Waals surface area contributed by atoms with E-state index in [1.807, 2.05) is 0 Å². The smallest absolute Gasteiger partial charge is 0.308 e. The third-order valence-electron chi connectivity index (χ3n) is 4.46. The summed E-state index contributed by atoms with van der Waals surface area (Å²) in [6.07, 6.45) is 6.90. The number of pyridine rings is 1. The van der Waals surface area contributed by atoms with Crippen LogP contribution in [0.2, 0.25) is 0 Å². The third-order valence-corrected chi connectivity index (χ3v) is 4.46. The summed E-state index contributed by atoms with van der Waals surface area (Å²) in [6, 6.07) is 3.49. The van der Waals surface area contributed by atoms with Crippen molar-refractivity contribution in [2.24, 2.45) is 5.92 Å². The molecule has 2 aliphatic rings. The van der Waals surface area contributed by atoms with Crippen LogP contribution in [0.25, 0.3) is 0 Å². The quantitative estimate of drug-likeness (QED) is 0.834. The van der Waals surface area contributed by atoms with E-state index in [1.54, 1.807) is 30.2 Å². The van der Waals surface area contributed by atoms with Crippen molar-refractivity contribution in [1.29, 1.82) is 0 Å². The molecule has 1 heterocycles. The molecule has 1 N–H and O–H groups in total. The number of carbonyl (C=O) groups excluding carboxylic acids is 1. The summed E-state index contributed by atoms with van der Waals surface area (Å²) in [5.74, 6) is -1.12. The maximum Gasteiger partial charge on any atom is 0.308 e. The van der Waals surface area contributed by atoms with E-state index in [2.05, 4.69) is 4.98 Å². The number of carboxylic acids is 1. The van der Waals surface area contributed by atoms with Crippen LogP contribution in [-0.2, 0) is 4.79 Å². The number of amides is 1. The SMILES string of the molecule is CC(CN(C(=O)c1ccnc(OC2CCC2)c1)C1CC1)C(=O)O. The number of hydrogen-bond donors (Lipinski definition) is 1. The molecular weight excluding hydrogens is 296 g/mol. The molecule has 2 saturated carbocycles. The number of ether oxygens (including phenoxy) is 1.